The highest BCUT2D eigenvalue weighted by molar-refractivity contribution is 7.47. The molecule has 6 N–H and O–H groups in total. The Morgan fingerprint density at radius 2 is 0.905 bits per heavy atom. The van der Waals surface area contributed by atoms with Gasteiger partial charge in [0.1, 0.15) is 42.7 Å². The highest BCUT2D eigenvalue weighted by Crippen LogP contribution is 2.47. The van der Waals surface area contributed by atoms with Crippen LogP contribution in [-0.4, -0.2) is 98.9 Å². The molecule has 0 amide bonds. The van der Waals surface area contributed by atoms with Gasteiger partial charge < -0.3 is 39.9 Å². The van der Waals surface area contributed by atoms with E-state index >= 15 is 0 Å². The zero-order valence-corrected chi connectivity index (χ0v) is 40.3. The van der Waals surface area contributed by atoms with Gasteiger partial charge in [-0.25, -0.2) is 4.57 Å². The number of phosphoric ester groups is 1. The van der Waals surface area contributed by atoms with Crippen LogP contribution in [0.2, 0.25) is 0 Å². The number of aliphatic hydroxyl groups excluding tert-OH is 5. The molecule has 0 aromatic rings. The second-order valence-electron chi connectivity index (χ2n) is 17.3. The van der Waals surface area contributed by atoms with Crippen LogP contribution in [0.15, 0.2) is 48.6 Å². The summed E-state index contributed by atoms with van der Waals surface area (Å²) in [6.45, 7) is 4.19. The van der Waals surface area contributed by atoms with Crippen molar-refractivity contribution in [2.75, 3.05) is 19.8 Å². The molecule has 0 bridgehead atoms. The lowest BCUT2D eigenvalue weighted by Gasteiger charge is -2.41. The Labute approximate surface area is 382 Å². The predicted octanol–water partition coefficient (Wildman–Crippen LogP) is 10.8. The monoisotopic (exact) mass is 915 g/mol. The minimum Gasteiger partial charge on any atom is -0.457 e. The van der Waals surface area contributed by atoms with Gasteiger partial charge in [-0.05, 0) is 70.6 Å². The lowest BCUT2D eigenvalue weighted by Crippen LogP contribution is -2.64. The van der Waals surface area contributed by atoms with Crippen molar-refractivity contribution >= 4 is 13.8 Å². The summed E-state index contributed by atoms with van der Waals surface area (Å²) >= 11 is 0. The van der Waals surface area contributed by atoms with Crippen molar-refractivity contribution in [3.63, 3.8) is 0 Å². The lowest BCUT2D eigenvalue weighted by atomic mass is 9.85. The van der Waals surface area contributed by atoms with E-state index in [0.717, 1.165) is 83.5 Å². The highest BCUT2D eigenvalue weighted by atomic mass is 31.2. The third-order valence-electron chi connectivity index (χ3n) is 11.4. The van der Waals surface area contributed by atoms with Gasteiger partial charge in [0.15, 0.2) is 0 Å². The SMILES string of the molecule is CCCC/C=C\C/C=C\CCCCCCCCOCC(COP(=O)(O)OC1C(O)C(O)C(O)C(O)C1O)OC(=O)CCCCCCCCCCC/C=C\C/C=C\CCCCCCC. The number of carbonyl (C=O) groups excluding carboxylic acids is 1. The number of phosphoric acid groups is 1. The minimum atomic E-state index is -5.03. The molecule has 0 radical (unpaired) electrons. The third kappa shape index (κ3) is 32.6. The fourth-order valence-electron chi connectivity index (χ4n) is 7.40. The summed E-state index contributed by atoms with van der Waals surface area (Å²) in [7, 11) is -5.03. The van der Waals surface area contributed by atoms with E-state index in [1.807, 2.05) is 0 Å². The molecule has 0 spiro atoms. The summed E-state index contributed by atoms with van der Waals surface area (Å²) in [5, 5.41) is 50.2. The van der Waals surface area contributed by atoms with E-state index in [1.165, 1.54) is 89.9 Å². The number of esters is 1. The van der Waals surface area contributed by atoms with E-state index in [4.69, 9.17) is 18.5 Å². The Bertz CT molecular complexity index is 1230. The Balaban J connectivity index is 2.36. The first kappa shape index (κ1) is 59.3. The summed E-state index contributed by atoms with van der Waals surface area (Å²) in [4.78, 5) is 23.2. The molecular weight excluding hydrogens is 824 g/mol. The molecule has 6 atom stereocenters. The molecule has 1 aliphatic rings. The second kappa shape index (κ2) is 40.6. The second-order valence-corrected chi connectivity index (χ2v) is 18.7. The van der Waals surface area contributed by atoms with Gasteiger partial charge in [0.05, 0.1) is 13.2 Å². The molecule has 6 unspecified atom stereocenters. The normalized spacial score (nSPS) is 22.2. The van der Waals surface area contributed by atoms with Gasteiger partial charge in [0.25, 0.3) is 0 Å². The lowest BCUT2D eigenvalue weighted by molar-refractivity contribution is -0.220. The number of rotatable bonds is 42. The Morgan fingerprint density at radius 1 is 0.508 bits per heavy atom. The number of unbranched alkanes of at least 4 members (excludes halogenated alkanes) is 22. The number of carbonyl (C=O) groups is 1. The minimum absolute atomic E-state index is 0.0862. The Morgan fingerprint density at radius 3 is 1.38 bits per heavy atom. The van der Waals surface area contributed by atoms with Crippen molar-refractivity contribution in [1.29, 1.82) is 0 Å². The van der Waals surface area contributed by atoms with Crippen LogP contribution in [0.5, 0.6) is 0 Å². The van der Waals surface area contributed by atoms with Gasteiger partial charge >= 0.3 is 13.8 Å². The standard InChI is InChI=1S/C50H91O12P/c1-3-5-7-9-11-13-15-17-19-20-21-22-23-24-25-27-29-31-33-35-37-39-44(51)61-43(42-60-63(57,58)62-50-48(55)46(53)45(52)47(54)49(50)56)41-59-40-38-36-34-32-30-28-26-18-16-14-12-10-8-6-4-2/h10,12,15-18,20-21,43,45-50,52-56H,3-9,11,13-14,19,22-42H2,1-2H3,(H,57,58)/b12-10-,17-15-,18-16-,21-20-. The van der Waals surface area contributed by atoms with Gasteiger partial charge in [0.2, 0.25) is 0 Å². The first-order valence-electron chi connectivity index (χ1n) is 25.0. The Kier molecular flexibility index (Phi) is 38.2. The maximum Gasteiger partial charge on any atom is 0.472 e. The van der Waals surface area contributed by atoms with Crippen molar-refractivity contribution in [3.05, 3.63) is 48.6 Å². The molecule has 1 saturated carbocycles. The van der Waals surface area contributed by atoms with Crippen LogP contribution in [-0.2, 0) is 27.9 Å². The summed E-state index contributed by atoms with van der Waals surface area (Å²) in [5.41, 5.74) is 0. The van der Waals surface area contributed by atoms with E-state index in [0.29, 0.717) is 13.0 Å². The van der Waals surface area contributed by atoms with Gasteiger partial charge in [0, 0.05) is 13.0 Å². The molecular formula is C50H91O12P. The summed E-state index contributed by atoms with van der Waals surface area (Å²) in [6, 6.07) is 0. The molecule has 1 rings (SSSR count). The number of ether oxygens (including phenoxy) is 2. The van der Waals surface area contributed by atoms with Crippen molar-refractivity contribution in [2.24, 2.45) is 0 Å². The predicted molar refractivity (Wildman–Crippen MR) is 253 cm³/mol. The number of allylic oxidation sites excluding steroid dienone is 8. The fourth-order valence-corrected chi connectivity index (χ4v) is 8.37. The largest absolute Gasteiger partial charge is 0.472 e. The van der Waals surface area contributed by atoms with Crippen molar-refractivity contribution in [1.82, 2.24) is 0 Å². The van der Waals surface area contributed by atoms with E-state index in [1.54, 1.807) is 0 Å². The van der Waals surface area contributed by atoms with E-state index in [2.05, 4.69) is 62.5 Å². The van der Waals surface area contributed by atoms with Crippen LogP contribution in [0.1, 0.15) is 200 Å². The van der Waals surface area contributed by atoms with Crippen molar-refractivity contribution < 1.29 is 58.3 Å². The van der Waals surface area contributed by atoms with Gasteiger partial charge in [-0.1, -0.05) is 172 Å². The van der Waals surface area contributed by atoms with Crippen molar-refractivity contribution in [3.8, 4) is 0 Å². The average molecular weight is 915 g/mol. The van der Waals surface area contributed by atoms with Gasteiger partial charge in [-0.2, -0.15) is 0 Å². The maximum absolute atomic E-state index is 12.8. The molecule has 0 saturated heterocycles. The molecule has 368 valence electrons. The van der Waals surface area contributed by atoms with E-state index in [-0.39, 0.29) is 13.0 Å². The van der Waals surface area contributed by atoms with Crippen LogP contribution in [0, 0.1) is 0 Å². The number of aliphatic hydroxyl groups is 5. The van der Waals surface area contributed by atoms with Gasteiger partial charge in [-0.3, -0.25) is 13.8 Å². The van der Waals surface area contributed by atoms with E-state index in [9.17, 15) is 39.8 Å². The molecule has 1 fully saturated rings. The molecule has 12 nitrogen and oxygen atoms in total. The molecule has 0 aromatic heterocycles. The van der Waals surface area contributed by atoms with Crippen LogP contribution in [0.4, 0.5) is 0 Å². The summed E-state index contributed by atoms with van der Waals surface area (Å²) < 4.78 is 34.2. The number of hydrogen-bond acceptors (Lipinski definition) is 11. The van der Waals surface area contributed by atoms with Crippen LogP contribution in [0.3, 0.4) is 0 Å². The summed E-state index contributed by atoms with van der Waals surface area (Å²) in [6.07, 6.45) is 37.4. The first-order chi connectivity index (χ1) is 30.5. The fraction of sp³-hybridized carbons (Fsp3) is 0.820. The maximum atomic E-state index is 12.8. The first-order valence-corrected chi connectivity index (χ1v) is 26.5. The zero-order valence-electron chi connectivity index (χ0n) is 39.4. The summed E-state index contributed by atoms with van der Waals surface area (Å²) in [5.74, 6) is -0.486. The molecule has 0 aromatic carbocycles. The Hall–Kier alpha value is -1.70. The molecule has 0 heterocycles. The molecule has 13 heteroatoms. The average Bonchev–Trinajstić information content (AvgIpc) is 3.27. The highest BCUT2D eigenvalue weighted by Gasteiger charge is 2.51. The topological polar surface area (TPSA) is 192 Å². The van der Waals surface area contributed by atoms with Crippen LogP contribution >= 0.6 is 7.82 Å². The third-order valence-corrected chi connectivity index (χ3v) is 12.4. The number of hydrogen-bond donors (Lipinski definition) is 6. The van der Waals surface area contributed by atoms with Crippen LogP contribution in [0.25, 0.3) is 0 Å². The van der Waals surface area contributed by atoms with Crippen molar-refractivity contribution in [2.45, 2.75) is 243 Å². The smallest absolute Gasteiger partial charge is 0.457 e. The zero-order chi connectivity index (χ0) is 46.2. The molecule has 1 aliphatic carbocycles. The van der Waals surface area contributed by atoms with E-state index < -0.39 is 63.1 Å². The van der Waals surface area contributed by atoms with Crippen LogP contribution < -0.4 is 0 Å². The quantitative estimate of drug-likeness (QED) is 0.0147. The molecule has 63 heavy (non-hydrogen) atoms. The molecule has 0 aliphatic heterocycles. The van der Waals surface area contributed by atoms with Gasteiger partial charge in [-0.15, -0.1) is 0 Å².